The fourth-order valence-electron chi connectivity index (χ4n) is 3.64. The second kappa shape index (κ2) is 15.1. The third-order valence-corrected chi connectivity index (χ3v) is 5.55. The lowest BCUT2D eigenvalue weighted by Crippen LogP contribution is -2.42. The molecule has 2 N–H and O–H groups in total. The number of likely N-dealkylation sites (N-methyl/N-ethyl adjacent to an activating group) is 1. The third-order valence-electron chi connectivity index (χ3n) is 5.55. The van der Waals surface area contributed by atoms with Crippen molar-refractivity contribution < 1.29 is 14.6 Å². The van der Waals surface area contributed by atoms with Crippen LogP contribution in [0.25, 0.3) is 0 Å². The summed E-state index contributed by atoms with van der Waals surface area (Å²) in [5.41, 5.74) is 4.50. The number of methoxy groups -OCH3 is 1. The van der Waals surface area contributed by atoms with Gasteiger partial charge in [0, 0.05) is 18.9 Å². The number of Topliss-reactive ketones (excluding diaryl/α,β-unsaturated/α-hetero) is 1. The fourth-order valence-corrected chi connectivity index (χ4v) is 3.64. The Morgan fingerprint density at radius 2 is 1.57 bits per heavy atom. The summed E-state index contributed by atoms with van der Waals surface area (Å²) in [7, 11) is 3.19. The van der Waals surface area contributed by atoms with E-state index >= 15 is 0 Å². The summed E-state index contributed by atoms with van der Waals surface area (Å²) in [6.45, 7) is 14.5. The van der Waals surface area contributed by atoms with E-state index in [0.717, 1.165) is 25.7 Å². The van der Waals surface area contributed by atoms with E-state index in [-0.39, 0.29) is 17.6 Å². The summed E-state index contributed by atoms with van der Waals surface area (Å²) in [4.78, 5) is 12.6. The number of aliphatic hydroxyl groups is 1. The molecule has 0 aliphatic heterocycles. The number of rotatable bonds is 10. The normalized spacial score (nSPS) is 22.3. The number of ether oxygens (including phenoxy) is 1. The number of carbonyl (C=O) groups excluding carboxylic acids is 1. The van der Waals surface area contributed by atoms with E-state index in [4.69, 9.17) is 4.74 Å². The quantitative estimate of drug-likeness (QED) is 0.420. The molecule has 0 radical (unpaired) electrons. The Balaban J connectivity index is 0.00000407. The van der Waals surface area contributed by atoms with Crippen molar-refractivity contribution in [2.45, 2.75) is 86.7 Å². The molecule has 4 nitrogen and oxygen atoms in total. The van der Waals surface area contributed by atoms with Crippen LogP contribution in [-0.2, 0) is 9.53 Å². The van der Waals surface area contributed by atoms with Gasteiger partial charge in [-0.05, 0) is 59.8 Å². The molecule has 172 valence electrons. The summed E-state index contributed by atoms with van der Waals surface area (Å²) in [6.07, 6.45) is 10.9. The first-order chi connectivity index (χ1) is 14.2. The summed E-state index contributed by atoms with van der Waals surface area (Å²) in [6, 6.07) is 0. The van der Waals surface area contributed by atoms with Crippen LogP contribution < -0.4 is 5.32 Å². The molecule has 0 fully saturated rings. The SMILES string of the molecule is CC.CNC1=C(OC)C(O)C(C/C=C(\C)CC/C=C(\C)CCC=C(C)C)C(C)C1=O. The van der Waals surface area contributed by atoms with Crippen molar-refractivity contribution >= 4 is 5.78 Å². The molecule has 3 unspecified atom stereocenters. The van der Waals surface area contributed by atoms with E-state index in [1.54, 1.807) is 7.05 Å². The highest BCUT2D eigenvalue weighted by atomic mass is 16.5. The summed E-state index contributed by atoms with van der Waals surface area (Å²) < 4.78 is 5.31. The maximum Gasteiger partial charge on any atom is 0.185 e. The van der Waals surface area contributed by atoms with Gasteiger partial charge in [-0.15, -0.1) is 0 Å². The van der Waals surface area contributed by atoms with Gasteiger partial charge in [-0.25, -0.2) is 0 Å². The van der Waals surface area contributed by atoms with Crippen LogP contribution in [0.1, 0.15) is 80.6 Å². The molecule has 1 rings (SSSR count). The molecule has 3 atom stereocenters. The zero-order valence-corrected chi connectivity index (χ0v) is 20.8. The molecule has 1 aliphatic carbocycles. The van der Waals surface area contributed by atoms with Crippen molar-refractivity contribution in [1.29, 1.82) is 0 Å². The maximum absolute atomic E-state index is 12.6. The molecule has 0 saturated heterocycles. The lowest BCUT2D eigenvalue weighted by Gasteiger charge is -2.34. The summed E-state index contributed by atoms with van der Waals surface area (Å²) in [5.74, 6) is -0.0272. The zero-order valence-electron chi connectivity index (χ0n) is 20.8. The number of hydrogen-bond acceptors (Lipinski definition) is 4. The van der Waals surface area contributed by atoms with Gasteiger partial charge in [-0.2, -0.15) is 0 Å². The number of nitrogens with one attached hydrogen (secondary N) is 1. The topological polar surface area (TPSA) is 58.6 Å². The Morgan fingerprint density at radius 1 is 1.03 bits per heavy atom. The molecule has 0 aromatic carbocycles. The first-order valence-corrected chi connectivity index (χ1v) is 11.4. The molecule has 0 bridgehead atoms. The minimum atomic E-state index is -0.763. The Labute approximate surface area is 185 Å². The zero-order chi connectivity index (χ0) is 23.3. The minimum absolute atomic E-state index is 0.00984. The van der Waals surface area contributed by atoms with Gasteiger partial charge in [-0.3, -0.25) is 4.79 Å². The maximum atomic E-state index is 12.6. The van der Waals surface area contributed by atoms with Crippen LogP contribution in [0.5, 0.6) is 0 Å². The molecule has 0 heterocycles. The molecule has 4 heteroatoms. The van der Waals surface area contributed by atoms with Gasteiger partial charge in [0.2, 0.25) is 0 Å². The van der Waals surface area contributed by atoms with Gasteiger partial charge in [0.1, 0.15) is 11.8 Å². The average molecular weight is 420 g/mol. The smallest absolute Gasteiger partial charge is 0.185 e. The Hall–Kier alpha value is -1.81. The van der Waals surface area contributed by atoms with E-state index < -0.39 is 6.10 Å². The van der Waals surface area contributed by atoms with Crippen molar-refractivity contribution in [2.75, 3.05) is 14.2 Å². The van der Waals surface area contributed by atoms with Crippen molar-refractivity contribution in [3.8, 4) is 0 Å². The van der Waals surface area contributed by atoms with Gasteiger partial charge >= 0.3 is 0 Å². The molecule has 0 saturated carbocycles. The largest absolute Gasteiger partial charge is 0.496 e. The highest BCUT2D eigenvalue weighted by Crippen LogP contribution is 2.34. The van der Waals surface area contributed by atoms with Gasteiger partial charge in [0.05, 0.1) is 7.11 Å². The molecule has 0 aromatic rings. The predicted molar refractivity (Wildman–Crippen MR) is 128 cm³/mol. The highest BCUT2D eigenvalue weighted by Gasteiger charge is 2.40. The Kier molecular flexibility index (Phi) is 14.2. The van der Waals surface area contributed by atoms with Crippen LogP contribution in [0.15, 0.2) is 46.4 Å². The van der Waals surface area contributed by atoms with Crippen LogP contribution in [0.4, 0.5) is 0 Å². The van der Waals surface area contributed by atoms with Gasteiger partial charge in [0.25, 0.3) is 0 Å². The average Bonchev–Trinajstić information content (AvgIpc) is 2.71. The van der Waals surface area contributed by atoms with Crippen LogP contribution in [-0.4, -0.2) is 31.2 Å². The fraction of sp³-hybridized carbons (Fsp3) is 0.654. The number of aliphatic hydroxyl groups excluding tert-OH is 1. The van der Waals surface area contributed by atoms with Crippen LogP contribution in [0.3, 0.4) is 0 Å². The molecule has 0 aromatic heterocycles. The lowest BCUT2D eigenvalue weighted by atomic mass is 9.76. The highest BCUT2D eigenvalue weighted by molar-refractivity contribution is 5.98. The molecule has 0 amide bonds. The number of carbonyl (C=O) groups is 1. The summed E-state index contributed by atoms with van der Waals surface area (Å²) in [5, 5.41) is 13.6. The van der Waals surface area contributed by atoms with E-state index in [9.17, 15) is 9.90 Å². The monoisotopic (exact) mass is 419 g/mol. The van der Waals surface area contributed by atoms with E-state index in [1.165, 1.54) is 23.8 Å². The molecule has 0 spiro atoms. The van der Waals surface area contributed by atoms with Crippen LogP contribution in [0.2, 0.25) is 0 Å². The van der Waals surface area contributed by atoms with Crippen LogP contribution in [0, 0.1) is 11.8 Å². The first-order valence-electron chi connectivity index (χ1n) is 11.4. The first kappa shape index (κ1) is 28.2. The van der Waals surface area contributed by atoms with E-state index in [0.29, 0.717) is 17.9 Å². The van der Waals surface area contributed by atoms with E-state index in [1.807, 2.05) is 20.8 Å². The Morgan fingerprint density at radius 3 is 2.07 bits per heavy atom. The summed E-state index contributed by atoms with van der Waals surface area (Å²) >= 11 is 0. The van der Waals surface area contributed by atoms with Gasteiger partial charge in [0.15, 0.2) is 11.5 Å². The molecule has 30 heavy (non-hydrogen) atoms. The number of allylic oxidation sites excluding steroid dienone is 7. The standard InChI is InChI=1S/C24H39NO3.C2H6/c1-16(2)10-8-11-17(3)12-9-13-18(4)14-15-20-19(5)22(26)21(25-6)24(28-7)23(20)27;1-2/h10,12,14,19-20,23,25,27H,8-9,11,13,15H2,1-7H3;1-2H3/b17-12+,18-14+;. The second-order valence-electron chi connectivity index (χ2n) is 8.15. The third kappa shape index (κ3) is 8.91. The van der Waals surface area contributed by atoms with Crippen molar-refractivity contribution in [1.82, 2.24) is 5.32 Å². The lowest BCUT2D eigenvalue weighted by molar-refractivity contribution is -0.124. The molecule has 1 aliphatic rings. The van der Waals surface area contributed by atoms with Crippen molar-refractivity contribution in [3.05, 3.63) is 46.4 Å². The van der Waals surface area contributed by atoms with Crippen LogP contribution >= 0.6 is 0 Å². The van der Waals surface area contributed by atoms with Crippen molar-refractivity contribution in [3.63, 3.8) is 0 Å². The molecular weight excluding hydrogens is 374 g/mol. The van der Waals surface area contributed by atoms with Gasteiger partial charge in [-0.1, -0.05) is 55.7 Å². The second-order valence-corrected chi connectivity index (χ2v) is 8.15. The number of hydrogen-bond donors (Lipinski definition) is 2. The number of ketones is 1. The Bertz CT molecular complexity index is 651. The molecular formula is C26H45NO3. The van der Waals surface area contributed by atoms with Gasteiger partial charge < -0.3 is 15.2 Å². The van der Waals surface area contributed by atoms with Crippen molar-refractivity contribution in [2.24, 2.45) is 11.8 Å². The van der Waals surface area contributed by atoms with E-state index in [2.05, 4.69) is 51.2 Å². The predicted octanol–water partition coefficient (Wildman–Crippen LogP) is 6.10. The minimum Gasteiger partial charge on any atom is -0.496 e.